The lowest BCUT2D eigenvalue weighted by Gasteiger charge is -2.12. The first-order valence-electron chi connectivity index (χ1n) is 8.71. The number of benzene rings is 1. The maximum atomic E-state index is 11.7. The van der Waals surface area contributed by atoms with Crippen LogP contribution in [-0.4, -0.2) is 37.5 Å². The van der Waals surface area contributed by atoms with Crippen molar-refractivity contribution in [2.24, 2.45) is 11.8 Å². The van der Waals surface area contributed by atoms with Gasteiger partial charge >= 0.3 is 0 Å². The van der Waals surface area contributed by atoms with Crippen LogP contribution in [0.4, 0.5) is 0 Å². The predicted molar refractivity (Wildman–Crippen MR) is 94.3 cm³/mol. The molecule has 142 valence electrons. The molecule has 0 aromatic heterocycles. The van der Waals surface area contributed by atoms with E-state index in [1.54, 1.807) is 24.3 Å². The molecule has 8 heteroatoms. The molecular weight excluding hydrogens is 338 g/mol. The number of para-hydroxylation sites is 2. The zero-order chi connectivity index (χ0) is 18.9. The van der Waals surface area contributed by atoms with Crippen LogP contribution >= 0.6 is 0 Å². The van der Waals surface area contributed by atoms with Crippen LogP contribution in [-0.2, 0) is 14.4 Å². The van der Waals surface area contributed by atoms with Gasteiger partial charge in [-0.2, -0.15) is 0 Å². The molecule has 0 radical (unpaired) electrons. The highest BCUT2D eigenvalue weighted by atomic mass is 16.5. The van der Waals surface area contributed by atoms with Gasteiger partial charge < -0.3 is 14.8 Å². The van der Waals surface area contributed by atoms with E-state index in [0.29, 0.717) is 24.0 Å². The second-order valence-electron chi connectivity index (χ2n) is 6.13. The van der Waals surface area contributed by atoms with Gasteiger partial charge in [0.1, 0.15) is 0 Å². The quantitative estimate of drug-likeness (QED) is 0.562. The molecule has 8 nitrogen and oxygen atoms in total. The average Bonchev–Trinajstić information content (AvgIpc) is 3.36. The van der Waals surface area contributed by atoms with Crippen molar-refractivity contribution in [2.45, 2.75) is 26.7 Å². The van der Waals surface area contributed by atoms with Crippen molar-refractivity contribution in [1.82, 2.24) is 16.2 Å². The topological polar surface area (TPSA) is 106 Å². The first kappa shape index (κ1) is 19.6. The van der Waals surface area contributed by atoms with Crippen molar-refractivity contribution in [3.63, 3.8) is 0 Å². The van der Waals surface area contributed by atoms with Crippen LogP contribution in [0.1, 0.15) is 26.7 Å². The number of hydrogen-bond donors (Lipinski definition) is 3. The van der Waals surface area contributed by atoms with E-state index in [1.165, 1.54) is 0 Å². The van der Waals surface area contributed by atoms with Gasteiger partial charge in [-0.25, -0.2) is 0 Å². The molecule has 1 aliphatic rings. The summed E-state index contributed by atoms with van der Waals surface area (Å²) in [6, 6.07) is 7.02. The van der Waals surface area contributed by atoms with Crippen LogP contribution in [0.15, 0.2) is 24.3 Å². The summed E-state index contributed by atoms with van der Waals surface area (Å²) in [5.41, 5.74) is 4.55. The molecule has 1 aromatic rings. The second kappa shape index (κ2) is 9.65. The Kier molecular flexibility index (Phi) is 7.25. The van der Waals surface area contributed by atoms with E-state index in [-0.39, 0.29) is 31.4 Å². The number of hydrogen-bond acceptors (Lipinski definition) is 5. The third-order valence-corrected chi connectivity index (χ3v) is 3.95. The van der Waals surface area contributed by atoms with E-state index in [9.17, 15) is 14.4 Å². The Morgan fingerprint density at radius 3 is 2.31 bits per heavy atom. The minimum atomic E-state index is -0.500. The van der Waals surface area contributed by atoms with Crippen LogP contribution in [0.5, 0.6) is 11.5 Å². The summed E-state index contributed by atoms with van der Waals surface area (Å²) in [5, 5.41) is 2.71. The van der Waals surface area contributed by atoms with Gasteiger partial charge in [0.25, 0.3) is 5.91 Å². The van der Waals surface area contributed by atoms with Crippen molar-refractivity contribution < 1.29 is 23.9 Å². The zero-order valence-electron chi connectivity index (χ0n) is 15.0. The highest BCUT2D eigenvalue weighted by Crippen LogP contribution is 2.37. The van der Waals surface area contributed by atoms with E-state index in [1.807, 2.05) is 13.8 Å². The predicted octanol–water partition coefficient (Wildman–Crippen LogP) is 0.774. The lowest BCUT2D eigenvalue weighted by molar-refractivity contribution is -0.130. The fourth-order valence-electron chi connectivity index (χ4n) is 2.34. The molecule has 1 fully saturated rings. The molecular formula is C18H25N3O5. The van der Waals surface area contributed by atoms with Gasteiger partial charge in [-0.15, -0.1) is 0 Å². The number of hydrazine groups is 1. The van der Waals surface area contributed by atoms with E-state index in [4.69, 9.17) is 9.47 Å². The highest BCUT2D eigenvalue weighted by Gasteiger charge is 2.38. The molecule has 1 aliphatic carbocycles. The summed E-state index contributed by atoms with van der Waals surface area (Å²) in [5.74, 6) is 0.597. The number of rotatable bonds is 9. The summed E-state index contributed by atoms with van der Waals surface area (Å²) >= 11 is 0. The molecule has 3 N–H and O–H groups in total. The molecule has 3 amide bonds. The summed E-state index contributed by atoms with van der Waals surface area (Å²) in [7, 11) is 0. The maximum Gasteiger partial charge on any atom is 0.276 e. The Morgan fingerprint density at radius 2 is 1.69 bits per heavy atom. The molecule has 0 aliphatic heterocycles. The molecule has 2 unspecified atom stereocenters. The van der Waals surface area contributed by atoms with Crippen LogP contribution in [0.2, 0.25) is 0 Å². The minimum absolute atomic E-state index is 0.0179. The van der Waals surface area contributed by atoms with Gasteiger partial charge in [-0.05, 0) is 31.4 Å². The second-order valence-corrected chi connectivity index (χ2v) is 6.13. The fraction of sp³-hybridized carbons (Fsp3) is 0.500. The van der Waals surface area contributed by atoms with Gasteiger partial charge in [0, 0.05) is 18.9 Å². The molecule has 2 rings (SSSR count). The maximum absolute atomic E-state index is 11.7. The van der Waals surface area contributed by atoms with Crippen molar-refractivity contribution >= 4 is 17.7 Å². The molecule has 0 saturated heterocycles. The van der Waals surface area contributed by atoms with Crippen LogP contribution in [0, 0.1) is 11.8 Å². The Bertz CT molecular complexity index is 649. The van der Waals surface area contributed by atoms with Gasteiger partial charge in [-0.1, -0.05) is 19.1 Å². The Hall–Kier alpha value is -2.77. The van der Waals surface area contributed by atoms with Gasteiger partial charge in [0.05, 0.1) is 6.61 Å². The zero-order valence-corrected chi connectivity index (χ0v) is 15.0. The van der Waals surface area contributed by atoms with Gasteiger partial charge in [-0.3, -0.25) is 25.2 Å². The highest BCUT2D eigenvalue weighted by molar-refractivity contribution is 5.84. The van der Waals surface area contributed by atoms with E-state index in [0.717, 1.165) is 6.42 Å². The smallest absolute Gasteiger partial charge is 0.276 e. The Balaban J connectivity index is 1.60. The molecule has 0 heterocycles. The van der Waals surface area contributed by atoms with Crippen molar-refractivity contribution in [1.29, 1.82) is 0 Å². The average molecular weight is 363 g/mol. The lowest BCUT2D eigenvalue weighted by Crippen LogP contribution is -2.44. The van der Waals surface area contributed by atoms with E-state index >= 15 is 0 Å². The van der Waals surface area contributed by atoms with Crippen molar-refractivity contribution in [3.05, 3.63) is 24.3 Å². The van der Waals surface area contributed by atoms with Crippen molar-refractivity contribution in [3.8, 4) is 11.5 Å². The van der Waals surface area contributed by atoms with E-state index < -0.39 is 11.8 Å². The SMILES string of the molecule is CCOc1ccccc1OCC(=O)NNC(=O)CCNC(=O)C1CC1C. The summed E-state index contributed by atoms with van der Waals surface area (Å²) in [6.45, 7) is 4.33. The standard InChI is InChI=1S/C18H25N3O5/c1-3-25-14-6-4-5-7-15(14)26-11-17(23)21-20-16(22)8-9-19-18(24)13-10-12(13)2/h4-7,12-13H,3,8-11H2,1-2H3,(H,19,24)(H,20,22)(H,21,23). The molecule has 26 heavy (non-hydrogen) atoms. The number of carbonyl (C=O) groups excluding carboxylic acids is 3. The first-order chi connectivity index (χ1) is 12.5. The summed E-state index contributed by atoms with van der Waals surface area (Å²) in [4.78, 5) is 35.0. The third kappa shape index (κ3) is 6.27. The Labute approximate surface area is 152 Å². The molecule has 1 aromatic carbocycles. The molecule has 0 bridgehead atoms. The normalized spacial score (nSPS) is 17.8. The number of ether oxygens (including phenoxy) is 2. The Morgan fingerprint density at radius 1 is 1.08 bits per heavy atom. The molecule has 1 saturated carbocycles. The van der Waals surface area contributed by atoms with Crippen LogP contribution in [0.25, 0.3) is 0 Å². The van der Waals surface area contributed by atoms with Gasteiger partial charge in [0.2, 0.25) is 11.8 Å². The summed E-state index contributed by atoms with van der Waals surface area (Å²) in [6.07, 6.45) is 0.988. The van der Waals surface area contributed by atoms with Crippen molar-refractivity contribution in [2.75, 3.05) is 19.8 Å². The number of amides is 3. The molecule has 0 spiro atoms. The van der Waals surface area contributed by atoms with Crippen LogP contribution < -0.4 is 25.6 Å². The summed E-state index contributed by atoms with van der Waals surface area (Å²) < 4.78 is 10.8. The number of nitrogens with one attached hydrogen (secondary N) is 3. The third-order valence-electron chi connectivity index (χ3n) is 3.95. The molecule has 2 atom stereocenters. The first-order valence-corrected chi connectivity index (χ1v) is 8.71. The lowest BCUT2D eigenvalue weighted by atomic mass is 10.3. The van der Waals surface area contributed by atoms with Gasteiger partial charge in [0.15, 0.2) is 18.1 Å². The minimum Gasteiger partial charge on any atom is -0.490 e. The monoisotopic (exact) mass is 363 g/mol. The van der Waals surface area contributed by atoms with E-state index in [2.05, 4.69) is 16.2 Å². The fourth-order valence-corrected chi connectivity index (χ4v) is 2.34. The largest absolute Gasteiger partial charge is 0.490 e. The number of carbonyl (C=O) groups is 3. The van der Waals surface area contributed by atoms with Crippen LogP contribution in [0.3, 0.4) is 0 Å².